The molecule has 0 aliphatic carbocycles. The van der Waals surface area contributed by atoms with Gasteiger partial charge < -0.3 is 15.0 Å². The molecule has 2 amide bonds. The van der Waals surface area contributed by atoms with Crippen molar-refractivity contribution in [2.75, 3.05) is 13.2 Å². The van der Waals surface area contributed by atoms with Crippen LogP contribution in [0.25, 0.3) is 10.8 Å². The Hall–Kier alpha value is -2.28. The number of ether oxygens (including phenoxy) is 1. The number of hydrogen-bond acceptors (Lipinski definition) is 3. The monoisotopic (exact) mass is 564 g/mol. The molecule has 180 valence electrons. The lowest BCUT2D eigenvalue weighted by Gasteiger charge is -2.29. The van der Waals surface area contributed by atoms with E-state index in [0.29, 0.717) is 27.9 Å². The summed E-state index contributed by atoms with van der Waals surface area (Å²) in [6, 6.07) is 16.0. The molecule has 0 heterocycles. The highest BCUT2D eigenvalue weighted by Gasteiger charge is 2.28. The average Bonchev–Trinajstić information content (AvgIpc) is 2.83. The Balaban J connectivity index is 1.81. The molecule has 34 heavy (non-hydrogen) atoms. The van der Waals surface area contributed by atoms with Crippen LogP contribution >= 0.6 is 39.1 Å². The fraction of sp³-hybridized carbons (Fsp3) is 0.308. The number of halogens is 3. The van der Waals surface area contributed by atoms with E-state index in [9.17, 15) is 9.59 Å². The second-order valence-electron chi connectivity index (χ2n) is 7.93. The first-order valence-corrected chi connectivity index (χ1v) is 12.7. The van der Waals surface area contributed by atoms with Gasteiger partial charge in [0.2, 0.25) is 5.91 Å². The van der Waals surface area contributed by atoms with Crippen molar-refractivity contribution in [2.24, 2.45) is 0 Å². The summed E-state index contributed by atoms with van der Waals surface area (Å²) in [4.78, 5) is 27.5. The van der Waals surface area contributed by atoms with Crippen LogP contribution in [0.2, 0.25) is 10.0 Å². The third kappa shape index (κ3) is 6.44. The van der Waals surface area contributed by atoms with Gasteiger partial charge in [-0.25, -0.2) is 0 Å². The maximum atomic E-state index is 13.3. The van der Waals surface area contributed by atoms with E-state index >= 15 is 0 Å². The number of carbonyl (C=O) groups excluding carboxylic acids is 2. The first kappa shape index (κ1) is 26.3. The van der Waals surface area contributed by atoms with Gasteiger partial charge in [0.15, 0.2) is 6.61 Å². The zero-order valence-electron chi connectivity index (χ0n) is 19.1. The van der Waals surface area contributed by atoms with Gasteiger partial charge in [0.25, 0.3) is 5.91 Å². The molecule has 0 aliphatic heterocycles. The van der Waals surface area contributed by atoms with Gasteiger partial charge in [-0.3, -0.25) is 9.59 Å². The first-order valence-electron chi connectivity index (χ1n) is 11.1. The Morgan fingerprint density at radius 3 is 2.47 bits per heavy atom. The molecule has 0 saturated heterocycles. The van der Waals surface area contributed by atoms with E-state index in [-0.39, 0.29) is 25.0 Å². The molecular weight excluding hydrogens is 539 g/mol. The smallest absolute Gasteiger partial charge is 0.261 e. The number of benzene rings is 3. The summed E-state index contributed by atoms with van der Waals surface area (Å²) in [5.41, 5.74) is 0.583. The van der Waals surface area contributed by atoms with Crippen LogP contribution in [0.15, 0.2) is 59.1 Å². The molecule has 3 rings (SSSR count). The largest absolute Gasteiger partial charge is 0.483 e. The lowest BCUT2D eigenvalue weighted by molar-refractivity contribution is -0.142. The molecule has 0 aromatic heterocycles. The SMILES string of the molecule is CCCCNC(=O)[C@@H](C)N(Cc1c(Cl)cccc1Cl)C(=O)COc1ccc2ccccc2c1Br. The molecule has 0 fully saturated rings. The number of hydrogen-bond donors (Lipinski definition) is 1. The van der Waals surface area contributed by atoms with Crippen LogP contribution in [-0.4, -0.2) is 35.9 Å². The second kappa shape index (κ2) is 12.4. The Kier molecular flexibility index (Phi) is 9.63. The predicted octanol–water partition coefficient (Wildman–Crippen LogP) is 6.62. The zero-order chi connectivity index (χ0) is 24.7. The average molecular weight is 566 g/mol. The van der Waals surface area contributed by atoms with E-state index in [0.717, 1.165) is 28.1 Å². The van der Waals surface area contributed by atoms with Crippen molar-refractivity contribution < 1.29 is 14.3 Å². The molecule has 0 bridgehead atoms. The van der Waals surface area contributed by atoms with Crippen LogP contribution in [0.5, 0.6) is 5.75 Å². The van der Waals surface area contributed by atoms with Crippen molar-refractivity contribution in [3.63, 3.8) is 0 Å². The Morgan fingerprint density at radius 2 is 1.76 bits per heavy atom. The molecule has 0 unspecified atom stereocenters. The van der Waals surface area contributed by atoms with Crippen LogP contribution in [0, 0.1) is 0 Å². The highest BCUT2D eigenvalue weighted by Crippen LogP contribution is 2.33. The lowest BCUT2D eigenvalue weighted by Crippen LogP contribution is -2.49. The van der Waals surface area contributed by atoms with Gasteiger partial charge in [-0.05, 0) is 58.2 Å². The molecular formula is C26H27BrCl2N2O3. The first-order chi connectivity index (χ1) is 16.3. The third-order valence-electron chi connectivity index (χ3n) is 5.57. The minimum atomic E-state index is -0.736. The fourth-order valence-electron chi connectivity index (χ4n) is 3.52. The Bertz CT molecular complexity index is 1150. The van der Waals surface area contributed by atoms with E-state index in [1.165, 1.54) is 4.90 Å². The third-order valence-corrected chi connectivity index (χ3v) is 7.09. The molecule has 0 aliphatic rings. The maximum absolute atomic E-state index is 13.3. The molecule has 8 heteroatoms. The van der Waals surface area contributed by atoms with Gasteiger partial charge in [0, 0.05) is 28.7 Å². The van der Waals surface area contributed by atoms with E-state index in [4.69, 9.17) is 27.9 Å². The predicted molar refractivity (Wildman–Crippen MR) is 142 cm³/mol. The molecule has 0 spiro atoms. The summed E-state index contributed by atoms with van der Waals surface area (Å²) in [6.07, 6.45) is 1.82. The van der Waals surface area contributed by atoms with Crippen LogP contribution < -0.4 is 10.1 Å². The molecule has 0 saturated carbocycles. The summed E-state index contributed by atoms with van der Waals surface area (Å²) >= 11 is 16.3. The van der Waals surface area contributed by atoms with E-state index < -0.39 is 6.04 Å². The molecule has 0 radical (unpaired) electrons. The van der Waals surface area contributed by atoms with Gasteiger partial charge in [0.1, 0.15) is 11.8 Å². The molecule has 1 atom stereocenters. The fourth-order valence-corrected chi connectivity index (χ4v) is 4.64. The van der Waals surface area contributed by atoms with Crippen molar-refractivity contribution in [3.05, 3.63) is 74.7 Å². The maximum Gasteiger partial charge on any atom is 0.261 e. The van der Waals surface area contributed by atoms with Gasteiger partial charge in [-0.1, -0.05) is 72.9 Å². The molecule has 3 aromatic rings. The Labute approximate surface area is 218 Å². The standard InChI is InChI=1S/C26H27BrCl2N2O3/c1-3-4-14-30-26(33)17(2)31(15-20-21(28)10-7-11-22(20)29)24(32)16-34-23-13-12-18-8-5-6-9-19(18)25(23)27/h5-13,17H,3-4,14-16H2,1-2H3,(H,30,33)/t17-/m1/s1. The van der Waals surface area contributed by atoms with Crippen molar-refractivity contribution in [1.82, 2.24) is 10.2 Å². The van der Waals surface area contributed by atoms with Crippen LogP contribution in [-0.2, 0) is 16.1 Å². The van der Waals surface area contributed by atoms with Gasteiger partial charge in [-0.15, -0.1) is 0 Å². The highest BCUT2D eigenvalue weighted by atomic mass is 79.9. The van der Waals surface area contributed by atoms with E-state index in [1.54, 1.807) is 25.1 Å². The van der Waals surface area contributed by atoms with Crippen molar-refractivity contribution >= 4 is 61.7 Å². The number of rotatable bonds is 10. The van der Waals surface area contributed by atoms with E-state index in [2.05, 4.69) is 21.2 Å². The number of unbranched alkanes of at least 4 members (excludes halogenated alkanes) is 1. The van der Waals surface area contributed by atoms with Crippen LogP contribution in [0.3, 0.4) is 0 Å². The van der Waals surface area contributed by atoms with Crippen molar-refractivity contribution in [2.45, 2.75) is 39.3 Å². The normalized spacial score (nSPS) is 11.8. The topological polar surface area (TPSA) is 58.6 Å². The summed E-state index contributed by atoms with van der Waals surface area (Å²) in [7, 11) is 0. The lowest BCUT2D eigenvalue weighted by atomic mass is 10.1. The number of nitrogens with zero attached hydrogens (tertiary/aromatic N) is 1. The number of carbonyl (C=O) groups is 2. The van der Waals surface area contributed by atoms with Crippen LogP contribution in [0.4, 0.5) is 0 Å². The van der Waals surface area contributed by atoms with Gasteiger partial charge in [0.05, 0.1) is 4.47 Å². The summed E-state index contributed by atoms with van der Waals surface area (Å²) in [5, 5.41) is 5.79. The highest BCUT2D eigenvalue weighted by molar-refractivity contribution is 9.10. The summed E-state index contributed by atoms with van der Waals surface area (Å²) < 4.78 is 6.65. The van der Waals surface area contributed by atoms with Crippen molar-refractivity contribution in [1.29, 1.82) is 0 Å². The van der Waals surface area contributed by atoms with Gasteiger partial charge in [-0.2, -0.15) is 0 Å². The second-order valence-corrected chi connectivity index (χ2v) is 9.54. The zero-order valence-corrected chi connectivity index (χ0v) is 22.2. The summed E-state index contributed by atoms with van der Waals surface area (Å²) in [6.45, 7) is 4.13. The van der Waals surface area contributed by atoms with Crippen molar-refractivity contribution in [3.8, 4) is 5.75 Å². The van der Waals surface area contributed by atoms with E-state index in [1.807, 2.05) is 43.3 Å². The molecule has 1 N–H and O–H groups in total. The summed E-state index contributed by atoms with van der Waals surface area (Å²) in [5.74, 6) is -0.0473. The number of amides is 2. The molecule has 3 aromatic carbocycles. The number of nitrogens with one attached hydrogen (secondary N) is 1. The molecule has 5 nitrogen and oxygen atoms in total. The quantitative estimate of drug-likeness (QED) is 0.281. The Morgan fingerprint density at radius 1 is 1.06 bits per heavy atom. The van der Waals surface area contributed by atoms with Crippen LogP contribution in [0.1, 0.15) is 32.3 Å². The minimum Gasteiger partial charge on any atom is -0.483 e. The van der Waals surface area contributed by atoms with Gasteiger partial charge >= 0.3 is 0 Å². The number of fused-ring (bicyclic) bond motifs is 1. The minimum absolute atomic E-state index is 0.0853.